The van der Waals surface area contributed by atoms with Gasteiger partial charge < -0.3 is 15.7 Å². The van der Waals surface area contributed by atoms with Gasteiger partial charge in [0.25, 0.3) is 0 Å². The molecule has 0 aromatic heterocycles. The van der Waals surface area contributed by atoms with E-state index < -0.39 is 17.5 Å². The van der Waals surface area contributed by atoms with Gasteiger partial charge in [0, 0.05) is 10.2 Å². The number of carboxylic acids is 1. The Labute approximate surface area is 120 Å². The lowest BCUT2D eigenvalue weighted by Crippen LogP contribution is -2.53. The van der Waals surface area contributed by atoms with Gasteiger partial charge in [0.15, 0.2) is 0 Å². The molecule has 0 aliphatic rings. The normalized spacial score (nSPS) is 13.4. The summed E-state index contributed by atoms with van der Waals surface area (Å²) in [5, 5.41) is 14.3. The second kappa shape index (κ2) is 6.56. The Balaban J connectivity index is 2.71. The zero-order valence-electron chi connectivity index (χ0n) is 10.9. The van der Waals surface area contributed by atoms with Crippen molar-refractivity contribution in [2.45, 2.75) is 32.2 Å². The van der Waals surface area contributed by atoms with Crippen LogP contribution in [0, 0.1) is 0 Å². The minimum Gasteiger partial charge on any atom is -0.480 e. The number of rotatable bonds is 5. The smallest absolute Gasteiger partial charge is 0.329 e. The summed E-state index contributed by atoms with van der Waals surface area (Å²) in [5.41, 5.74) is -0.665. The third-order valence-corrected chi connectivity index (χ3v) is 3.19. The molecule has 1 aromatic carbocycles. The molecule has 0 saturated heterocycles. The highest BCUT2D eigenvalue weighted by Crippen LogP contribution is 2.17. The number of hydrogen-bond acceptors (Lipinski definition) is 2. The Morgan fingerprint density at radius 3 is 2.63 bits per heavy atom. The van der Waals surface area contributed by atoms with E-state index in [0.29, 0.717) is 18.5 Å². The lowest BCUT2D eigenvalue weighted by molar-refractivity contribution is -0.143. The molecule has 1 atom stereocenters. The lowest BCUT2D eigenvalue weighted by Gasteiger charge is -2.25. The summed E-state index contributed by atoms with van der Waals surface area (Å²) in [6, 6.07) is 6.54. The number of urea groups is 1. The van der Waals surface area contributed by atoms with Gasteiger partial charge in [0.05, 0.1) is 0 Å². The number of nitrogens with one attached hydrogen (secondary N) is 2. The van der Waals surface area contributed by atoms with Crippen molar-refractivity contribution < 1.29 is 14.7 Å². The number of anilines is 1. The molecule has 2 amide bonds. The van der Waals surface area contributed by atoms with Crippen molar-refractivity contribution in [2.75, 3.05) is 5.32 Å². The molecular weight excluding hydrogens is 312 g/mol. The molecule has 19 heavy (non-hydrogen) atoms. The molecule has 1 aromatic rings. The maximum absolute atomic E-state index is 11.8. The first-order valence-corrected chi connectivity index (χ1v) is 6.75. The van der Waals surface area contributed by atoms with E-state index in [2.05, 4.69) is 26.6 Å². The first kappa shape index (κ1) is 15.5. The fourth-order valence-electron chi connectivity index (χ4n) is 1.70. The lowest BCUT2D eigenvalue weighted by atomic mass is 9.97. The summed E-state index contributed by atoms with van der Waals surface area (Å²) >= 11 is 3.30. The van der Waals surface area contributed by atoms with Crippen LogP contribution in [0.15, 0.2) is 28.7 Å². The average molecular weight is 329 g/mol. The van der Waals surface area contributed by atoms with E-state index in [1.807, 2.05) is 13.0 Å². The largest absolute Gasteiger partial charge is 0.480 e. The zero-order valence-corrected chi connectivity index (χ0v) is 12.5. The number of carbonyl (C=O) groups is 2. The minimum absolute atomic E-state index is 0.369. The molecular formula is C13H17BrN2O3. The Bertz CT molecular complexity index is 479. The van der Waals surface area contributed by atoms with Gasteiger partial charge in [-0.05, 0) is 31.5 Å². The predicted octanol–water partition coefficient (Wildman–Crippen LogP) is 3.21. The molecule has 104 valence electrons. The first-order valence-electron chi connectivity index (χ1n) is 5.95. The standard InChI is InChI=1S/C13H17BrN2O3/c1-3-7-13(2,11(17)18)16-12(19)15-10-6-4-5-9(14)8-10/h4-6,8H,3,7H2,1-2H3,(H,17,18)(H2,15,16,19). The number of halogens is 1. The van der Waals surface area contributed by atoms with Gasteiger partial charge in [-0.15, -0.1) is 0 Å². The molecule has 6 heteroatoms. The third-order valence-electron chi connectivity index (χ3n) is 2.69. The van der Waals surface area contributed by atoms with Crippen LogP contribution in [0.25, 0.3) is 0 Å². The molecule has 5 nitrogen and oxygen atoms in total. The van der Waals surface area contributed by atoms with Gasteiger partial charge in [-0.2, -0.15) is 0 Å². The van der Waals surface area contributed by atoms with E-state index in [4.69, 9.17) is 0 Å². The number of carbonyl (C=O) groups excluding carboxylic acids is 1. The fraction of sp³-hybridized carbons (Fsp3) is 0.385. The average Bonchev–Trinajstić information content (AvgIpc) is 2.28. The molecule has 0 fully saturated rings. The van der Waals surface area contributed by atoms with Gasteiger partial charge in [-0.1, -0.05) is 35.3 Å². The van der Waals surface area contributed by atoms with Gasteiger partial charge in [-0.3, -0.25) is 0 Å². The number of hydrogen-bond donors (Lipinski definition) is 3. The van der Waals surface area contributed by atoms with Gasteiger partial charge >= 0.3 is 12.0 Å². The van der Waals surface area contributed by atoms with Crippen molar-refractivity contribution in [2.24, 2.45) is 0 Å². The fourth-order valence-corrected chi connectivity index (χ4v) is 2.10. The van der Waals surface area contributed by atoms with Crippen LogP contribution in [0.3, 0.4) is 0 Å². The van der Waals surface area contributed by atoms with E-state index in [1.54, 1.807) is 18.2 Å². The molecule has 0 heterocycles. The maximum Gasteiger partial charge on any atom is 0.329 e. The summed E-state index contributed by atoms with van der Waals surface area (Å²) in [7, 11) is 0. The first-order chi connectivity index (χ1) is 8.87. The third kappa shape index (κ3) is 4.55. The minimum atomic E-state index is -1.26. The van der Waals surface area contributed by atoms with Crippen molar-refractivity contribution in [1.82, 2.24) is 5.32 Å². The van der Waals surface area contributed by atoms with Crippen LogP contribution in [0.5, 0.6) is 0 Å². The van der Waals surface area contributed by atoms with Crippen LogP contribution in [-0.2, 0) is 4.79 Å². The summed E-state index contributed by atoms with van der Waals surface area (Å²) in [4.78, 5) is 23.0. The van der Waals surface area contributed by atoms with E-state index >= 15 is 0 Å². The molecule has 0 spiro atoms. The summed E-state index contributed by atoms with van der Waals surface area (Å²) in [5.74, 6) is -1.04. The van der Waals surface area contributed by atoms with Crippen LogP contribution in [0.1, 0.15) is 26.7 Å². The highest BCUT2D eigenvalue weighted by atomic mass is 79.9. The molecule has 0 saturated carbocycles. The SMILES string of the molecule is CCCC(C)(NC(=O)Nc1cccc(Br)c1)C(=O)O. The van der Waals surface area contributed by atoms with E-state index in [1.165, 1.54) is 6.92 Å². The Hall–Kier alpha value is -1.56. The molecule has 0 radical (unpaired) electrons. The van der Waals surface area contributed by atoms with Crippen molar-refractivity contribution in [3.63, 3.8) is 0 Å². The van der Waals surface area contributed by atoms with Crippen molar-refractivity contribution in [1.29, 1.82) is 0 Å². The second-order valence-corrected chi connectivity index (χ2v) is 5.39. The summed E-state index contributed by atoms with van der Waals surface area (Å²) < 4.78 is 0.833. The van der Waals surface area contributed by atoms with E-state index in [9.17, 15) is 14.7 Å². The number of amides is 2. The van der Waals surface area contributed by atoms with Crippen molar-refractivity contribution >= 4 is 33.6 Å². The number of benzene rings is 1. The van der Waals surface area contributed by atoms with Gasteiger partial charge in [-0.25, -0.2) is 9.59 Å². The highest BCUT2D eigenvalue weighted by Gasteiger charge is 2.33. The summed E-state index contributed by atoms with van der Waals surface area (Å²) in [6.45, 7) is 3.37. The quantitative estimate of drug-likeness (QED) is 0.776. The van der Waals surface area contributed by atoms with E-state index in [0.717, 1.165) is 4.47 Å². The Morgan fingerprint density at radius 1 is 1.42 bits per heavy atom. The Kier molecular flexibility index (Phi) is 5.35. The van der Waals surface area contributed by atoms with Gasteiger partial charge in [0.1, 0.15) is 5.54 Å². The topological polar surface area (TPSA) is 78.4 Å². The van der Waals surface area contributed by atoms with Crippen LogP contribution in [0.2, 0.25) is 0 Å². The molecule has 0 bridgehead atoms. The van der Waals surface area contributed by atoms with Crippen LogP contribution in [0.4, 0.5) is 10.5 Å². The molecule has 3 N–H and O–H groups in total. The predicted molar refractivity (Wildman–Crippen MR) is 77.2 cm³/mol. The van der Waals surface area contributed by atoms with E-state index in [-0.39, 0.29) is 0 Å². The molecule has 0 aliphatic carbocycles. The molecule has 1 rings (SSSR count). The number of aliphatic carboxylic acids is 1. The monoisotopic (exact) mass is 328 g/mol. The summed E-state index contributed by atoms with van der Waals surface area (Å²) in [6.07, 6.45) is 1.04. The van der Waals surface area contributed by atoms with Crippen molar-refractivity contribution in [3.05, 3.63) is 28.7 Å². The molecule has 1 unspecified atom stereocenters. The van der Waals surface area contributed by atoms with Crippen LogP contribution < -0.4 is 10.6 Å². The highest BCUT2D eigenvalue weighted by molar-refractivity contribution is 9.10. The van der Waals surface area contributed by atoms with Crippen LogP contribution >= 0.6 is 15.9 Å². The van der Waals surface area contributed by atoms with Crippen molar-refractivity contribution in [3.8, 4) is 0 Å². The maximum atomic E-state index is 11.8. The zero-order chi connectivity index (χ0) is 14.5. The number of carboxylic acid groups (broad SMARTS) is 1. The Morgan fingerprint density at radius 2 is 2.11 bits per heavy atom. The second-order valence-electron chi connectivity index (χ2n) is 4.48. The molecule has 0 aliphatic heterocycles. The van der Waals surface area contributed by atoms with Gasteiger partial charge in [0.2, 0.25) is 0 Å². The van der Waals surface area contributed by atoms with Crippen LogP contribution in [-0.4, -0.2) is 22.6 Å².